The first-order valence-electron chi connectivity index (χ1n) is 4.86. The molecule has 0 aliphatic rings. The number of pyridine rings is 1. The fourth-order valence-electron chi connectivity index (χ4n) is 1.70. The van der Waals surface area contributed by atoms with Crippen LogP contribution in [0.4, 0.5) is 5.69 Å². The van der Waals surface area contributed by atoms with Crippen molar-refractivity contribution in [3.63, 3.8) is 0 Å². The van der Waals surface area contributed by atoms with Gasteiger partial charge in [0.25, 0.3) is 0 Å². The Kier molecular flexibility index (Phi) is 2.12. The molecule has 0 bridgehead atoms. The van der Waals surface area contributed by atoms with Crippen LogP contribution in [0.3, 0.4) is 0 Å². The van der Waals surface area contributed by atoms with Gasteiger partial charge in [-0.3, -0.25) is 4.98 Å². The minimum Gasteiger partial charge on any atom is -0.399 e. The van der Waals surface area contributed by atoms with Crippen LogP contribution in [0.2, 0.25) is 0 Å². The molecule has 0 unspecified atom stereocenters. The number of fused-ring (bicyclic) bond motifs is 1. The molecule has 0 fully saturated rings. The first-order valence-corrected chi connectivity index (χ1v) is 4.86. The average molecular weight is 186 g/mol. The molecule has 0 radical (unpaired) electrons. The normalized spacial score (nSPS) is 10.7. The SMILES string of the molecule is CCc1nc2ccc(N)cc2cc1C. The van der Waals surface area contributed by atoms with Gasteiger partial charge >= 0.3 is 0 Å². The summed E-state index contributed by atoms with van der Waals surface area (Å²) in [4.78, 5) is 4.58. The molecule has 0 saturated heterocycles. The maximum atomic E-state index is 5.72. The van der Waals surface area contributed by atoms with Crippen molar-refractivity contribution in [1.82, 2.24) is 4.98 Å². The van der Waals surface area contributed by atoms with Crippen LogP contribution in [-0.2, 0) is 6.42 Å². The largest absolute Gasteiger partial charge is 0.399 e. The quantitative estimate of drug-likeness (QED) is 0.695. The van der Waals surface area contributed by atoms with Crippen molar-refractivity contribution >= 4 is 16.6 Å². The Morgan fingerprint density at radius 3 is 2.79 bits per heavy atom. The molecule has 0 saturated carbocycles. The summed E-state index contributed by atoms with van der Waals surface area (Å²) in [5.41, 5.74) is 9.95. The Balaban J connectivity index is 2.73. The van der Waals surface area contributed by atoms with Gasteiger partial charge in [0.1, 0.15) is 0 Å². The predicted molar refractivity (Wildman–Crippen MR) is 60.3 cm³/mol. The van der Waals surface area contributed by atoms with Gasteiger partial charge in [0.2, 0.25) is 0 Å². The fourth-order valence-corrected chi connectivity index (χ4v) is 1.70. The smallest absolute Gasteiger partial charge is 0.0707 e. The van der Waals surface area contributed by atoms with E-state index in [4.69, 9.17) is 5.73 Å². The van der Waals surface area contributed by atoms with E-state index in [1.54, 1.807) is 0 Å². The number of hydrogen-bond donors (Lipinski definition) is 1. The van der Waals surface area contributed by atoms with Crippen molar-refractivity contribution in [2.75, 3.05) is 5.73 Å². The van der Waals surface area contributed by atoms with Crippen molar-refractivity contribution in [1.29, 1.82) is 0 Å². The molecule has 14 heavy (non-hydrogen) atoms. The van der Waals surface area contributed by atoms with Crippen molar-refractivity contribution < 1.29 is 0 Å². The molecule has 2 heteroatoms. The Morgan fingerprint density at radius 1 is 1.29 bits per heavy atom. The van der Waals surface area contributed by atoms with Gasteiger partial charge in [-0.1, -0.05) is 6.92 Å². The fraction of sp³-hybridized carbons (Fsp3) is 0.250. The Bertz CT molecular complexity index is 475. The maximum absolute atomic E-state index is 5.72. The third-order valence-corrected chi connectivity index (χ3v) is 2.47. The van der Waals surface area contributed by atoms with E-state index in [9.17, 15) is 0 Å². The zero-order valence-corrected chi connectivity index (χ0v) is 8.54. The highest BCUT2D eigenvalue weighted by atomic mass is 14.7. The molecule has 1 heterocycles. The molecule has 2 nitrogen and oxygen atoms in total. The van der Waals surface area contributed by atoms with E-state index in [2.05, 4.69) is 24.9 Å². The number of aromatic nitrogens is 1. The number of nitrogens with two attached hydrogens (primary N) is 1. The molecule has 1 aromatic carbocycles. The summed E-state index contributed by atoms with van der Waals surface area (Å²) in [5, 5.41) is 1.12. The van der Waals surface area contributed by atoms with Gasteiger partial charge in [0, 0.05) is 16.8 Å². The molecule has 0 spiro atoms. The highest BCUT2D eigenvalue weighted by molar-refractivity contribution is 5.82. The van der Waals surface area contributed by atoms with Crippen LogP contribution in [0.5, 0.6) is 0 Å². The van der Waals surface area contributed by atoms with Crippen molar-refractivity contribution in [2.24, 2.45) is 0 Å². The van der Waals surface area contributed by atoms with Crippen molar-refractivity contribution in [3.05, 3.63) is 35.5 Å². The van der Waals surface area contributed by atoms with Crippen LogP contribution in [0.25, 0.3) is 10.9 Å². The van der Waals surface area contributed by atoms with Gasteiger partial charge in [-0.25, -0.2) is 0 Å². The second-order valence-electron chi connectivity index (χ2n) is 3.56. The second kappa shape index (κ2) is 3.29. The third kappa shape index (κ3) is 1.43. The molecule has 0 amide bonds. The van der Waals surface area contributed by atoms with Gasteiger partial charge in [-0.05, 0) is 43.2 Å². The molecule has 0 aliphatic heterocycles. The van der Waals surface area contributed by atoms with Crippen molar-refractivity contribution in [3.8, 4) is 0 Å². The summed E-state index contributed by atoms with van der Waals surface area (Å²) in [6, 6.07) is 7.99. The molecular weight excluding hydrogens is 172 g/mol. The number of aryl methyl sites for hydroxylation is 2. The lowest BCUT2D eigenvalue weighted by atomic mass is 10.1. The van der Waals surface area contributed by atoms with Crippen LogP contribution in [0.1, 0.15) is 18.2 Å². The number of nitrogen functional groups attached to an aromatic ring is 1. The van der Waals surface area contributed by atoms with E-state index in [-0.39, 0.29) is 0 Å². The lowest BCUT2D eigenvalue weighted by Gasteiger charge is -2.05. The summed E-state index contributed by atoms with van der Waals surface area (Å²) >= 11 is 0. The monoisotopic (exact) mass is 186 g/mol. The van der Waals surface area contributed by atoms with Crippen LogP contribution in [-0.4, -0.2) is 4.98 Å². The molecule has 2 aromatic rings. The second-order valence-corrected chi connectivity index (χ2v) is 3.56. The summed E-state index contributed by atoms with van der Waals surface area (Å²) in [6.45, 7) is 4.22. The van der Waals surface area contributed by atoms with Gasteiger partial charge < -0.3 is 5.73 Å². The maximum Gasteiger partial charge on any atom is 0.0707 e. The van der Waals surface area contributed by atoms with E-state index >= 15 is 0 Å². The van der Waals surface area contributed by atoms with Crippen LogP contribution < -0.4 is 5.73 Å². The molecular formula is C12H14N2. The average Bonchev–Trinajstić information content (AvgIpc) is 2.16. The molecule has 0 aliphatic carbocycles. The summed E-state index contributed by atoms with van der Waals surface area (Å²) in [5.74, 6) is 0. The Hall–Kier alpha value is -1.57. The summed E-state index contributed by atoms with van der Waals surface area (Å²) < 4.78 is 0. The number of nitrogens with zero attached hydrogens (tertiary/aromatic N) is 1. The van der Waals surface area contributed by atoms with Crippen LogP contribution >= 0.6 is 0 Å². The summed E-state index contributed by atoms with van der Waals surface area (Å²) in [6.07, 6.45) is 0.978. The van der Waals surface area contributed by atoms with E-state index in [0.29, 0.717) is 0 Å². The van der Waals surface area contributed by atoms with E-state index in [1.807, 2.05) is 18.2 Å². The zero-order chi connectivity index (χ0) is 10.1. The predicted octanol–water partition coefficient (Wildman–Crippen LogP) is 2.69. The number of anilines is 1. The Morgan fingerprint density at radius 2 is 2.07 bits per heavy atom. The number of hydrogen-bond acceptors (Lipinski definition) is 2. The Labute approximate surface area is 83.8 Å². The van der Waals surface area contributed by atoms with Gasteiger partial charge in [0.15, 0.2) is 0 Å². The lowest BCUT2D eigenvalue weighted by molar-refractivity contribution is 1.03. The molecule has 72 valence electrons. The minimum absolute atomic E-state index is 0.794. The minimum atomic E-state index is 0.794. The molecule has 2 N–H and O–H groups in total. The standard InChI is InChI=1S/C12H14N2/c1-3-11-8(2)6-9-7-10(13)4-5-12(9)14-11/h4-7H,3,13H2,1-2H3. The van der Waals surface area contributed by atoms with Crippen molar-refractivity contribution in [2.45, 2.75) is 20.3 Å². The third-order valence-electron chi connectivity index (χ3n) is 2.47. The van der Waals surface area contributed by atoms with Crippen LogP contribution in [0, 0.1) is 6.92 Å². The van der Waals surface area contributed by atoms with E-state index in [0.717, 1.165) is 23.0 Å². The molecule has 0 atom stereocenters. The van der Waals surface area contributed by atoms with Gasteiger partial charge in [0.05, 0.1) is 5.52 Å². The highest BCUT2D eigenvalue weighted by Gasteiger charge is 2.01. The highest BCUT2D eigenvalue weighted by Crippen LogP contribution is 2.19. The van der Waals surface area contributed by atoms with Crippen LogP contribution in [0.15, 0.2) is 24.3 Å². The van der Waals surface area contributed by atoms with E-state index < -0.39 is 0 Å². The molecule has 2 rings (SSSR count). The van der Waals surface area contributed by atoms with Gasteiger partial charge in [-0.2, -0.15) is 0 Å². The number of benzene rings is 1. The zero-order valence-electron chi connectivity index (χ0n) is 8.54. The lowest BCUT2D eigenvalue weighted by Crippen LogP contribution is -1.93. The number of rotatable bonds is 1. The van der Waals surface area contributed by atoms with Gasteiger partial charge in [-0.15, -0.1) is 0 Å². The first kappa shape index (κ1) is 9.00. The molecule has 1 aromatic heterocycles. The first-order chi connectivity index (χ1) is 6.70. The van der Waals surface area contributed by atoms with E-state index in [1.165, 1.54) is 11.3 Å². The summed E-state index contributed by atoms with van der Waals surface area (Å²) in [7, 11) is 0. The topological polar surface area (TPSA) is 38.9 Å².